The number of carbonyl (C=O) groups is 1. The van der Waals surface area contributed by atoms with Crippen molar-refractivity contribution in [1.82, 2.24) is 0 Å². The predicted molar refractivity (Wildman–Crippen MR) is 58.8 cm³/mol. The van der Waals surface area contributed by atoms with Crippen LogP contribution in [0, 0.1) is 0 Å². The van der Waals surface area contributed by atoms with Crippen LogP contribution in [0.1, 0.15) is 30.9 Å². The van der Waals surface area contributed by atoms with Gasteiger partial charge in [0.25, 0.3) is 0 Å². The molecule has 2 nitrogen and oxygen atoms in total. The summed E-state index contributed by atoms with van der Waals surface area (Å²) < 4.78 is 0. The zero-order valence-corrected chi connectivity index (χ0v) is 8.53. The molecule has 1 aromatic rings. The van der Waals surface area contributed by atoms with Gasteiger partial charge in [0.15, 0.2) is 0 Å². The van der Waals surface area contributed by atoms with Crippen LogP contribution in [-0.2, 0) is 4.79 Å². The lowest BCUT2D eigenvalue weighted by Gasteiger charge is -2.08. The molecule has 0 radical (unpaired) electrons. The molecule has 0 spiro atoms. The van der Waals surface area contributed by atoms with Crippen LogP contribution in [-0.4, -0.2) is 5.91 Å². The second kappa shape index (κ2) is 4.61. The van der Waals surface area contributed by atoms with Crippen molar-refractivity contribution in [2.45, 2.75) is 19.8 Å². The van der Waals surface area contributed by atoms with Crippen LogP contribution >= 0.6 is 0 Å². The molecule has 0 saturated heterocycles. The van der Waals surface area contributed by atoms with E-state index in [1.807, 2.05) is 18.2 Å². The first-order valence-electron chi connectivity index (χ1n) is 4.67. The van der Waals surface area contributed by atoms with Crippen LogP contribution in [0.5, 0.6) is 0 Å². The highest BCUT2D eigenvalue weighted by molar-refractivity contribution is 5.90. The standard InChI is InChI=1S/C12H15NO/c1-9(2)11-6-4-3-5-10(11)7-8-12(13)14/h3-9H,1-2H3,(H2,13,14). The lowest BCUT2D eigenvalue weighted by Crippen LogP contribution is -2.05. The Morgan fingerprint density at radius 1 is 1.36 bits per heavy atom. The molecular weight excluding hydrogens is 174 g/mol. The second-order valence-corrected chi connectivity index (χ2v) is 3.52. The van der Waals surface area contributed by atoms with Crippen molar-refractivity contribution in [2.24, 2.45) is 5.73 Å². The number of rotatable bonds is 3. The van der Waals surface area contributed by atoms with Gasteiger partial charge in [0.05, 0.1) is 0 Å². The van der Waals surface area contributed by atoms with Gasteiger partial charge >= 0.3 is 0 Å². The quantitative estimate of drug-likeness (QED) is 0.728. The van der Waals surface area contributed by atoms with E-state index < -0.39 is 5.91 Å². The summed E-state index contributed by atoms with van der Waals surface area (Å²) >= 11 is 0. The third kappa shape index (κ3) is 2.73. The molecule has 0 bridgehead atoms. The Morgan fingerprint density at radius 3 is 2.57 bits per heavy atom. The Bertz CT molecular complexity index is 353. The van der Waals surface area contributed by atoms with Crippen molar-refractivity contribution in [3.8, 4) is 0 Å². The van der Waals surface area contributed by atoms with Crippen LogP contribution in [0.15, 0.2) is 30.3 Å². The fourth-order valence-corrected chi connectivity index (χ4v) is 1.36. The first kappa shape index (κ1) is 10.5. The van der Waals surface area contributed by atoms with Crippen molar-refractivity contribution in [3.63, 3.8) is 0 Å². The van der Waals surface area contributed by atoms with E-state index in [2.05, 4.69) is 19.9 Å². The molecule has 2 heteroatoms. The minimum Gasteiger partial charge on any atom is -0.366 e. The predicted octanol–water partition coefficient (Wildman–Crippen LogP) is 2.31. The number of primary amides is 1. The van der Waals surface area contributed by atoms with E-state index in [0.29, 0.717) is 5.92 Å². The molecule has 2 N–H and O–H groups in total. The van der Waals surface area contributed by atoms with E-state index in [0.717, 1.165) is 5.56 Å². The van der Waals surface area contributed by atoms with E-state index in [4.69, 9.17) is 5.73 Å². The molecule has 0 saturated carbocycles. The zero-order valence-electron chi connectivity index (χ0n) is 8.53. The number of carbonyl (C=O) groups excluding carboxylic acids is 1. The Balaban J connectivity index is 3.01. The minimum atomic E-state index is -0.413. The molecule has 0 atom stereocenters. The van der Waals surface area contributed by atoms with Crippen molar-refractivity contribution in [1.29, 1.82) is 0 Å². The molecule has 1 amide bonds. The molecule has 0 aliphatic carbocycles. The van der Waals surface area contributed by atoms with E-state index in [9.17, 15) is 4.79 Å². The van der Waals surface area contributed by atoms with E-state index in [1.54, 1.807) is 6.08 Å². The summed E-state index contributed by atoms with van der Waals surface area (Å²) in [5, 5.41) is 0. The number of hydrogen-bond donors (Lipinski definition) is 1. The van der Waals surface area contributed by atoms with E-state index in [1.165, 1.54) is 11.6 Å². The largest absolute Gasteiger partial charge is 0.366 e. The summed E-state index contributed by atoms with van der Waals surface area (Å²) in [6, 6.07) is 7.99. The topological polar surface area (TPSA) is 43.1 Å². The minimum absolute atomic E-state index is 0.413. The van der Waals surface area contributed by atoms with Crippen molar-refractivity contribution in [3.05, 3.63) is 41.5 Å². The number of benzene rings is 1. The Morgan fingerprint density at radius 2 is 2.00 bits per heavy atom. The average Bonchev–Trinajstić information content (AvgIpc) is 2.15. The first-order valence-corrected chi connectivity index (χ1v) is 4.67. The number of nitrogens with two attached hydrogens (primary N) is 1. The maximum Gasteiger partial charge on any atom is 0.241 e. The van der Waals surface area contributed by atoms with Gasteiger partial charge in [-0.2, -0.15) is 0 Å². The van der Waals surface area contributed by atoms with Crippen LogP contribution in [0.4, 0.5) is 0 Å². The first-order chi connectivity index (χ1) is 6.61. The van der Waals surface area contributed by atoms with Crippen molar-refractivity contribution < 1.29 is 4.79 Å². The SMILES string of the molecule is CC(C)c1ccccc1C=CC(N)=O. The maximum atomic E-state index is 10.6. The third-order valence-electron chi connectivity index (χ3n) is 2.05. The maximum absolute atomic E-state index is 10.6. The highest BCUT2D eigenvalue weighted by Gasteiger charge is 2.02. The average molecular weight is 189 g/mol. The lowest BCUT2D eigenvalue weighted by molar-refractivity contribution is -0.113. The van der Waals surface area contributed by atoms with E-state index >= 15 is 0 Å². The summed E-state index contributed by atoms with van der Waals surface area (Å²) in [5.74, 6) is 0.0345. The highest BCUT2D eigenvalue weighted by Crippen LogP contribution is 2.19. The van der Waals surface area contributed by atoms with Gasteiger partial charge in [-0.15, -0.1) is 0 Å². The molecule has 0 aromatic heterocycles. The molecule has 0 aliphatic rings. The van der Waals surface area contributed by atoms with Gasteiger partial charge in [-0.1, -0.05) is 38.1 Å². The van der Waals surface area contributed by atoms with Crippen LogP contribution in [0.25, 0.3) is 6.08 Å². The van der Waals surface area contributed by atoms with Gasteiger partial charge in [0, 0.05) is 6.08 Å². The summed E-state index contributed by atoms with van der Waals surface area (Å²) in [6.07, 6.45) is 3.15. The smallest absolute Gasteiger partial charge is 0.241 e. The fourth-order valence-electron chi connectivity index (χ4n) is 1.36. The molecule has 0 heterocycles. The summed E-state index contributed by atoms with van der Waals surface area (Å²) in [5.41, 5.74) is 7.32. The molecule has 0 fully saturated rings. The van der Waals surface area contributed by atoms with Gasteiger partial charge in [-0.05, 0) is 23.1 Å². The highest BCUT2D eigenvalue weighted by atomic mass is 16.1. The molecule has 0 aliphatic heterocycles. The van der Waals surface area contributed by atoms with Gasteiger partial charge in [0.1, 0.15) is 0 Å². The normalized spacial score (nSPS) is 11.1. The Kier molecular flexibility index (Phi) is 3.46. The monoisotopic (exact) mass is 189 g/mol. The molecule has 1 aromatic carbocycles. The Hall–Kier alpha value is -1.57. The molecule has 14 heavy (non-hydrogen) atoms. The second-order valence-electron chi connectivity index (χ2n) is 3.52. The lowest BCUT2D eigenvalue weighted by atomic mass is 9.97. The van der Waals surface area contributed by atoms with Crippen LogP contribution in [0.3, 0.4) is 0 Å². The van der Waals surface area contributed by atoms with Gasteiger partial charge in [0.2, 0.25) is 5.91 Å². The van der Waals surface area contributed by atoms with Gasteiger partial charge < -0.3 is 5.73 Å². The summed E-state index contributed by atoms with van der Waals surface area (Å²) in [6.45, 7) is 4.24. The zero-order chi connectivity index (χ0) is 10.6. The molecular formula is C12H15NO. The van der Waals surface area contributed by atoms with Crippen LogP contribution in [0.2, 0.25) is 0 Å². The Labute approximate surface area is 84.4 Å². The van der Waals surface area contributed by atoms with E-state index in [-0.39, 0.29) is 0 Å². The fraction of sp³-hybridized carbons (Fsp3) is 0.250. The summed E-state index contributed by atoms with van der Waals surface area (Å²) in [4.78, 5) is 10.6. The van der Waals surface area contributed by atoms with Crippen molar-refractivity contribution >= 4 is 12.0 Å². The van der Waals surface area contributed by atoms with Crippen LogP contribution < -0.4 is 5.73 Å². The molecule has 74 valence electrons. The van der Waals surface area contributed by atoms with Gasteiger partial charge in [-0.25, -0.2) is 0 Å². The van der Waals surface area contributed by atoms with Gasteiger partial charge in [-0.3, -0.25) is 4.79 Å². The molecule has 1 rings (SSSR count). The summed E-state index contributed by atoms with van der Waals surface area (Å²) in [7, 11) is 0. The number of amides is 1. The molecule has 0 unspecified atom stereocenters. The third-order valence-corrected chi connectivity index (χ3v) is 2.05. The number of hydrogen-bond acceptors (Lipinski definition) is 1. The van der Waals surface area contributed by atoms with Crippen molar-refractivity contribution in [2.75, 3.05) is 0 Å².